The number of carbonyl (C=O) groups is 1. The minimum Gasteiger partial charge on any atom is -0.481 e. The Labute approximate surface area is 145 Å². The first-order valence-electron chi connectivity index (χ1n) is 8.43. The van der Waals surface area contributed by atoms with E-state index in [1.165, 1.54) is 11.1 Å². The van der Waals surface area contributed by atoms with Crippen LogP contribution in [0.2, 0.25) is 0 Å². The van der Waals surface area contributed by atoms with E-state index in [4.69, 9.17) is 4.74 Å². The molecular formula is C21H27NO2. The molecule has 1 atom stereocenters. The van der Waals surface area contributed by atoms with Crippen LogP contribution in [0.4, 0.5) is 5.69 Å². The SMILES string of the molecule is Cc1cc(C)c(NC(=O)[C@@H](C)Oc2ccc(C(C)C)cc2)c(C)c1. The van der Waals surface area contributed by atoms with Gasteiger partial charge in [0.05, 0.1) is 0 Å². The summed E-state index contributed by atoms with van der Waals surface area (Å²) in [5.41, 5.74) is 5.45. The van der Waals surface area contributed by atoms with E-state index in [0.29, 0.717) is 11.7 Å². The van der Waals surface area contributed by atoms with Crippen molar-refractivity contribution in [3.8, 4) is 5.75 Å². The van der Waals surface area contributed by atoms with Crippen LogP contribution in [0.1, 0.15) is 48.9 Å². The third-order valence-electron chi connectivity index (χ3n) is 4.15. The van der Waals surface area contributed by atoms with Gasteiger partial charge in [-0.15, -0.1) is 0 Å². The van der Waals surface area contributed by atoms with Crippen LogP contribution in [-0.2, 0) is 4.79 Å². The molecule has 0 saturated carbocycles. The number of carbonyl (C=O) groups excluding carboxylic acids is 1. The second kappa shape index (κ2) is 7.52. The van der Waals surface area contributed by atoms with Gasteiger partial charge < -0.3 is 10.1 Å². The van der Waals surface area contributed by atoms with Crippen molar-refractivity contribution in [3.63, 3.8) is 0 Å². The quantitative estimate of drug-likeness (QED) is 0.826. The lowest BCUT2D eigenvalue weighted by Crippen LogP contribution is -2.30. The first-order chi connectivity index (χ1) is 11.3. The second-order valence-corrected chi connectivity index (χ2v) is 6.75. The monoisotopic (exact) mass is 325 g/mol. The van der Waals surface area contributed by atoms with Crippen molar-refractivity contribution in [2.45, 2.75) is 53.6 Å². The number of anilines is 1. The standard InChI is InChI=1S/C21H27NO2/c1-13(2)18-7-9-19(10-8-18)24-17(6)21(23)22-20-15(4)11-14(3)12-16(20)5/h7-13,17H,1-6H3,(H,22,23)/t17-/m1/s1. The van der Waals surface area contributed by atoms with Gasteiger partial charge in [0.25, 0.3) is 5.91 Å². The van der Waals surface area contributed by atoms with Crippen molar-refractivity contribution in [3.05, 3.63) is 58.7 Å². The molecule has 3 nitrogen and oxygen atoms in total. The van der Waals surface area contributed by atoms with Crippen LogP contribution in [0.25, 0.3) is 0 Å². The highest BCUT2D eigenvalue weighted by Crippen LogP contribution is 2.23. The highest BCUT2D eigenvalue weighted by molar-refractivity contribution is 5.95. The Morgan fingerprint density at radius 3 is 2.00 bits per heavy atom. The molecule has 3 heteroatoms. The summed E-state index contributed by atoms with van der Waals surface area (Å²) in [6, 6.07) is 12.1. The Kier molecular flexibility index (Phi) is 5.66. The van der Waals surface area contributed by atoms with Crippen molar-refractivity contribution in [1.82, 2.24) is 0 Å². The van der Waals surface area contributed by atoms with Gasteiger partial charge in [-0.3, -0.25) is 4.79 Å². The zero-order chi connectivity index (χ0) is 17.9. The van der Waals surface area contributed by atoms with Crippen LogP contribution in [0.3, 0.4) is 0 Å². The third-order valence-corrected chi connectivity index (χ3v) is 4.15. The van der Waals surface area contributed by atoms with E-state index >= 15 is 0 Å². The first kappa shape index (κ1) is 18.1. The first-order valence-corrected chi connectivity index (χ1v) is 8.43. The highest BCUT2D eigenvalue weighted by Gasteiger charge is 2.17. The maximum absolute atomic E-state index is 12.4. The number of rotatable bonds is 5. The van der Waals surface area contributed by atoms with Crippen molar-refractivity contribution in [2.24, 2.45) is 0 Å². The van der Waals surface area contributed by atoms with Crippen molar-refractivity contribution in [2.75, 3.05) is 5.32 Å². The van der Waals surface area contributed by atoms with Gasteiger partial charge in [0, 0.05) is 5.69 Å². The number of hydrogen-bond donors (Lipinski definition) is 1. The molecule has 0 heterocycles. The average molecular weight is 325 g/mol. The molecule has 0 unspecified atom stereocenters. The molecule has 1 amide bonds. The number of hydrogen-bond acceptors (Lipinski definition) is 2. The molecule has 0 saturated heterocycles. The number of nitrogens with one attached hydrogen (secondary N) is 1. The van der Waals surface area contributed by atoms with E-state index in [1.54, 1.807) is 6.92 Å². The van der Waals surface area contributed by atoms with Crippen LogP contribution < -0.4 is 10.1 Å². The van der Waals surface area contributed by atoms with Crippen LogP contribution in [0.15, 0.2) is 36.4 Å². The fraction of sp³-hybridized carbons (Fsp3) is 0.381. The molecule has 24 heavy (non-hydrogen) atoms. The number of aryl methyl sites for hydroxylation is 3. The molecule has 0 aliphatic rings. The molecule has 0 fully saturated rings. The molecule has 0 spiro atoms. The summed E-state index contributed by atoms with van der Waals surface area (Å²) < 4.78 is 5.77. The van der Waals surface area contributed by atoms with E-state index in [-0.39, 0.29) is 5.91 Å². The van der Waals surface area contributed by atoms with Crippen molar-refractivity contribution in [1.29, 1.82) is 0 Å². The summed E-state index contributed by atoms with van der Waals surface area (Å²) in [7, 11) is 0. The van der Waals surface area contributed by atoms with Gasteiger partial charge >= 0.3 is 0 Å². The van der Waals surface area contributed by atoms with Gasteiger partial charge in [0.2, 0.25) is 0 Å². The molecule has 2 aromatic rings. The van der Waals surface area contributed by atoms with Crippen LogP contribution in [0.5, 0.6) is 5.75 Å². The summed E-state index contributed by atoms with van der Waals surface area (Å²) in [6.45, 7) is 12.1. The van der Waals surface area contributed by atoms with Gasteiger partial charge in [-0.2, -0.15) is 0 Å². The topological polar surface area (TPSA) is 38.3 Å². The van der Waals surface area contributed by atoms with E-state index in [9.17, 15) is 4.79 Å². The van der Waals surface area contributed by atoms with Crippen LogP contribution >= 0.6 is 0 Å². The molecule has 128 valence electrons. The fourth-order valence-corrected chi connectivity index (χ4v) is 2.79. The maximum Gasteiger partial charge on any atom is 0.265 e. The summed E-state index contributed by atoms with van der Waals surface area (Å²) in [4.78, 5) is 12.4. The highest BCUT2D eigenvalue weighted by atomic mass is 16.5. The smallest absolute Gasteiger partial charge is 0.265 e. The number of benzene rings is 2. The van der Waals surface area contributed by atoms with Crippen molar-refractivity contribution < 1.29 is 9.53 Å². The zero-order valence-electron chi connectivity index (χ0n) is 15.4. The molecule has 1 N–H and O–H groups in total. The largest absolute Gasteiger partial charge is 0.481 e. The van der Waals surface area contributed by atoms with E-state index in [2.05, 4.69) is 38.2 Å². The summed E-state index contributed by atoms with van der Waals surface area (Å²) in [6.07, 6.45) is -0.560. The fourth-order valence-electron chi connectivity index (χ4n) is 2.79. The number of amides is 1. The van der Waals surface area contributed by atoms with E-state index in [0.717, 1.165) is 16.8 Å². The summed E-state index contributed by atoms with van der Waals surface area (Å²) in [5.74, 6) is 1.05. The molecule has 0 aromatic heterocycles. The Hall–Kier alpha value is -2.29. The lowest BCUT2D eigenvalue weighted by atomic mass is 10.0. The average Bonchev–Trinajstić information content (AvgIpc) is 2.51. The maximum atomic E-state index is 12.4. The van der Waals surface area contributed by atoms with Crippen LogP contribution in [0, 0.1) is 20.8 Å². The zero-order valence-corrected chi connectivity index (χ0v) is 15.4. The summed E-state index contributed by atoms with van der Waals surface area (Å²) >= 11 is 0. The normalized spacial score (nSPS) is 12.1. The van der Waals surface area contributed by atoms with Gasteiger partial charge in [-0.25, -0.2) is 0 Å². The second-order valence-electron chi connectivity index (χ2n) is 6.75. The Balaban J connectivity index is 2.05. The van der Waals surface area contributed by atoms with Crippen LogP contribution in [-0.4, -0.2) is 12.0 Å². The Bertz CT molecular complexity index is 694. The third kappa shape index (κ3) is 4.38. The Morgan fingerprint density at radius 1 is 0.958 bits per heavy atom. The molecular weight excluding hydrogens is 298 g/mol. The molecule has 0 radical (unpaired) electrons. The van der Waals surface area contributed by atoms with Gasteiger partial charge in [0.1, 0.15) is 5.75 Å². The molecule has 2 rings (SSSR count). The van der Waals surface area contributed by atoms with Gasteiger partial charge in [-0.05, 0) is 62.4 Å². The summed E-state index contributed by atoms with van der Waals surface area (Å²) in [5, 5.41) is 2.99. The molecule has 0 bridgehead atoms. The van der Waals surface area contributed by atoms with E-state index in [1.807, 2.05) is 38.1 Å². The minimum atomic E-state index is -0.560. The lowest BCUT2D eigenvalue weighted by Gasteiger charge is -2.18. The minimum absolute atomic E-state index is 0.141. The van der Waals surface area contributed by atoms with E-state index < -0.39 is 6.10 Å². The predicted octanol–water partition coefficient (Wildman–Crippen LogP) is 5.14. The molecule has 0 aliphatic carbocycles. The molecule has 0 aliphatic heterocycles. The Morgan fingerprint density at radius 2 is 1.50 bits per heavy atom. The predicted molar refractivity (Wildman–Crippen MR) is 99.9 cm³/mol. The number of ether oxygens (including phenoxy) is 1. The van der Waals surface area contributed by atoms with Gasteiger partial charge in [-0.1, -0.05) is 43.7 Å². The lowest BCUT2D eigenvalue weighted by molar-refractivity contribution is -0.122. The van der Waals surface area contributed by atoms with Gasteiger partial charge in [0.15, 0.2) is 6.10 Å². The van der Waals surface area contributed by atoms with Crippen molar-refractivity contribution >= 4 is 11.6 Å². The molecule has 2 aromatic carbocycles.